The van der Waals surface area contributed by atoms with Crippen molar-refractivity contribution in [1.29, 1.82) is 10.7 Å². The van der Waals surface area contributed by atoms with Crippen LogP contribution in [0.25, 0.3) is 0 Å². The normalized spacial score (nSPS) is 11.4. The fraction of sp³-hybridized carbons (Fsp3) is 0.182. The number of nitrogens with one attached hydrogen (secondary N) is 3. The maximum atomic E-state index is 11.2. The molecule has 0 spiro atoms. The third kappa shape index (κ3) is 5.00. The second-order valence-electron chi connectivity index (χ2n) is 3.89. The van der Waals surface area contributed by atoms with Crippen LogP contribution >= 0.6 is 0 Å². The molecule has 9 nitrogen and oxygen atoms in total. The Morgan fingerprint density at radius 1 is 1.52 bits per heavy atom. The summed E-state index contributed by atoms with van der Waals surface area (Å²) in [5, 5.41) is 19.5. The zero-order chi connectivity index (χ0) is 16.0. The standard InChI is InChI=1S/C11H14N6O3S/c1-20-10-5-7(15-16-9(6-12)11(13)14)3-4-8(10)17-21(2,18)19/h3-5,15,17H,1-2H3,(H3,13,14)/b16-9+. The molecule has 0 aliphatic heterocycles. The Morgan fingerprint density at radius 3 is 2.67 bits per heavy atom. The fourth-order valence-electron chi connectivity index (χ4n) is 1.31. The van der Waals surface area contributed by atoms with Crippen LogP contribution in [-0.2, 0) is 10.0 Å². The second kappa shape index (κ2) is 6.58. The van der Waals surface area contributed by atoms with E-state index in [4.69, 9.17) is 21.1 Å². The summed E-state index contributed by atoms with van der Waals surface area (Å²) in [6.07, 6.45) is 1.02. The molecule has 112 valence electrons. The van der Waals surface area contributed by atoms with Gasteiger partial charge in [-0.25, -0.2) is 8.42 Å². The van der Waals surface area contributed by atoms with Gasteiger partial charge in [0.1, 0.15) is 11.8 Å². The molecule has 0 bridgehead atoms. The second-order valence-corrected chi connectivity index (χ2v) is 5.64. The Bertz CT molecular complexity index is 720. The highest BCUT2D eigenvalue weighted by Gasteiger charge is 2.09. The van der Waals surface area contributed by atoms with Gasteiger partial charge in [-0.1, -0.05) is 0 Å². The Hall–Kier alpha value is -2.80. The average Bonchev–Trinajstić information content (AvgIpc) is 2.38. The first-order valence-corrected chi connectivity index (χ1v) is 7.40. The predicted octanol–water partition coefficient (Wildman–Crippen LogP) is 0.294. The maximum absolute atomic E-state index is 11.2. The molecule has 0 atom stereocenters. The number of nitrogens with two attached hydrogens (primary N) is 1. The number of rotatable bonds is 6. The van der Waals surface area contributed by atoms with Gasteiger partial charge < -0.3 is 10.5 Å². The lowest BCUT2D eigenvalue weighted by Gasteiger charge is -2.11. The monoisotopic (exact) mass is 310 g/mol. The van der Waals surface area contributed by atoms with E-state index in [0.29, 0.717) is 5.69 Å². The van der Waals surface area contributed by atoms with Crippen molar-refractivity contribution in [2.75, 3.05) is 23.5 Å². The highest BCUT2D eigenvalue weighted by molar-refractivity contribution is 7.92. The van der Waals surface area contributed by atoms with Gasteiger partial charge in [-0.2, -0.15) is 10.4 Å². The van der Waals surface area contributed by atoms with Crippen molar-refractivity contribution in [3.63, 3.8) is 0 Å². The largest absolute Gasteiger partial charge is 0.494 e. The van der Waals surface area contributed by atoms with Crippen LogP contribution in [0.15, 0.2) is 23.3 Å². The number of sulfonamides is 1. The highest BCUT2D eigenvalue weighted by Crippen LogP contribution is 2.28. The summed E-state index contributed by atoms with van der Waals surface area (Å²) >= 11 is 0. The molecule has 0 saturated carbocycles. The lowest BCUT2D eigenvalue weighted by molar-refractivity contribution is 0.417. The van der Waals surface area contributed by atoms with Gasteiger partial charge in [-0.3, -0.25) is 15.6 Å². The lowest BCUT2D eigenvalue weighted by atomic mass is 10.2. The van der Waals surface area contributed by atoms with Crippen LogP contribution in [0.5, 0.6) is 5.75 Å². The predicted molar refractivity (Wildman–Crippen MR) is 80.0 cm³/mol. The van der Waals surface area contributed by atoms with Crippen molar-refractivity contribution in [1.82, 2.24) is 0 Å². The topological polar surface area (TPSA) is 153 Å². The number of hydrazone groups is 1. The van der Waals surface area contributed by atoms with E-state index in [0.717, 1.165) is 6.26 Å². The van der Waals surface area contributed by atoms with Crippen molar-refractivity contribution in [2.24, 2.45) is 10.8 Å². The SMILES string of the molecule is COc1cc(N/N=C(\C#N)C(=N)N)ccc1NS(C)(=O)=O. The number of hydrogen-bond donors (Lipinski definition) is 4. The van der Waals surface area contributed by atoms with E-state index in [1.807, 2.05) is 0 Å². The smallest absolute Gasteiger partial charge is 0.229 e. The van der Waals surface area contributed by atoms with Gasteiger partial charge in [0.15, 0.2) is 5.84 Å². The number of nitriles is 1. The summed E-state index contributed by atoms with van der Waals surface area (Å²) in [6, 6.07) is 6.13. The van der Waals surface area contributed by atoms with Gasteiger partial charge >= 0.3 is 0 Å². The van der Waals surface area contributed by atoms with Gasteiger partial charge in [-0.15, -0.1) is 0 Å². The highest BCUT2D eigenvalue weighted by atomic mass is 32.2. The number of anilines is 2. The first kappa shape index (κ1) is 16.3. The first-order valence-electron chi connectivity index (χ1n) is 5.51. The minimum atomic E-state index is -3.43. The first-order chi connectivity index (χ1) is 9.76. The molecule has 0 amide bonds. The third-order valence-electron chi connectivity index (χ3n) is 2.15. The molecular formula is C11H14N6O3S. The minimum absolute atomic E-state index is 0.265. The van der Waals surface area contributed by atoms with Gasteiger partial charge in [0.2, 0.25) is 15.7 Å². The van der Waals surface area contributed by atoms with E-state index >= 15 is 0 Å². The summed E-state index contributed by atoms with van der Waals surface area (Å²) in [5.74, 6) is -0.200. The molecule has 0 aliphatic carbocycles. The van der Waals surface area contributed by atoms with Gasteiger partial charge in [-0.05, 0) is 12.1 Å². The van der Waals surface area contributed by atoms with Crippen molar-refractivity contribution in [3.05, 3.63) is 18.2 Å². The maximum Gasteiger partial charge on any atom is 0.229 e. The fourth-order valence-corrected chi connectivity index (χ4v) is 1.88. The van der Waals surface area contributed by atoms with E-state index in [1.54, 1.807) is 6.07 Å². The van der Waals surface area contributed by atoms with Gasteiger partial charge in [0.05, 0.1) is 24.7 Å². The van der Waals surface area contributed by atoms with Crippen molar-refractivity contribution in [3.8, 4) is 11.8 Å². The van der Waals surface area contributed by atoms with Gasteiger partial charge in [0.25, 0.3) is 0 Å². The molecule has 0 aromatic heterocycles. The number of nitrogens with zero attached hydrogens (tertiary/aromatic N) is 2. The molecule has 0 heterocycles. The van der Waals surface area contributed by atoms with E-state index in [2.05, 4.69) is 15.2 Å². The van der Waals surface area contributed by atoms with Crippen LogP contribution in [0.4, 0.5) is 11.4 Å². The summed E-state index contributed by atoms with van der Waals surface area (Å²) in [6.45, 7) is 0. The molecule has 0 saturated heterocycles. The van der Waals surface area contributed by atoms with Crippen LogP contribution in [0.3, 0.4) is 0 Å². The molecule has 1 aromatic carbocycles. The molecule has 0 unspecified atom stereocenters. The Labute approximate surface area is 122 Å². The van der Waals surface area contributed by atoms with Crippen molar-refractivity contribution < 1.29 is 13.2 Å². The van der Waals surface area contributed by atoms with Crippen LogP contribution in [0.1, 0.15) is 0 Å². The molecule has 0 radical (unpaired) electrons. The molecule has 1 rings (SSSR count). The molecule has 1 aromatic rings. The average molecular weight is 310 g/mol. The number of benzene rings is 1. The summed E-state index contributed by atoms with van der Waals surface area (Å²) in [4.78, 5) is 0. The van der Waals surface area contributed by atoms with E-state index in [1.165, 1.54) is 25.3 Å². The number of hydrogen-bond acceptors (Lipinski definition) is 7. The van der Waals surface area contributed by atoms with Crippen LogP contribution in [-0.4, -0.2) is 33.3 Å². The Kier molecular flexibility index (Phi) is 5.09. The molecule has 10 heteroatoms. The number of methoxy groups -OCH3 is 1. The van der Waals surface area contributed by atoms with E-state index < -0.39 is 15.9 Å². The number of ether oxygens (including phenoxy) is 1. The molecule has 0 fully saturated rings. The minimum Gasteiger partial charge on any atom is -0.494 e. The summed E-state index contributed by atoms with van der Waals surface area (Å²) in [7, 11) is -2.05. The van der Waals surface area contributed by atoms with Crippen molar-refractivity contribution >= 4 is 32.9 Å². The third-order valence-corrected chi connectivity index (χ3v) is 2.75. The lowest BCUT2D eigenvalue weighted by Crippen LogP contribution is -2.21. The van der Waals surface area contributed by atoms with E-state index in [9.17, 15) is 8.42 Å². The van der Waals surface area contributed by atoms with E-state index in [-0.39, 0.29) is 17.1 Å². The number of amidine groups is 1. The summed E-state index contributed by atoms with van der Waals surface area (Å²) < 4.78 is 29.8. The molecular weight excluding hydrogens is 296 g/mol. The quantitative estimate of drug-likeness (QED) is 0.336. The Morgan fingerprint density at radius 2 is 2.19 bits per heavy atom. The molecule has 21 heavy (non-hydrogen) atoms. The van der Waals surface area contributed by atoms with Crippen LogP contribution in [0.2, 0.25) is 0 Å². The molecule has 5 N–H and O–H groups in total. The zero-order valence-electron chi connectivity index (χ0n) is 11.3. The van der Waals surface area contributed by atoms with Crippen LogP contribution < -0.4 is 20.6 Å². The summed E-state index contributed by atoms with van der Waals surface area (Å²) in [5.41, 5.74) is 8.10. The van der Waals surface area contributed by atoms with Crippen LogP contribution in [0, 0.1) is 16.7 Å². The zero-order valence-corrected chi connectivity index (χ0v) is 12.2. The Balaban J connectivity index is 3.03. The molecule has 0 aliphatic rings. The van der Waals surface area contributed by atoms with Gasteiger partial charge in [0, 0.05) is 6.07 Å². The van der Waals surface area contributed by atoms with Crippen molar-refractivity contribution in [2.45, 2.75) is 0 Å².